The van der Waals surface area contributed by atoms with Crippen molar-refractivity contribution in [2.24, 2.45) is 4.99 Å². The maximum absolute atomic E-state index is 4.87. The largest absolute Gasteiger partial charge is 0.246 e. The second kappa shape index (κ2) is 5.08. The Morgan fingerprint density at radius 1 is 0.857 bits per heavy atom. The minimum Gasteiger partial charge on any atom is -0.246 e. The molecule has 0 atom stereocenters. The average molecular weight is 337 g/mol. The number of nitrogens with zero attached hydrogens (tertiary/aromatic N) is 2. The number of hydrogen-bond donors (Lipinski definition) is 0. The summed E-state index contributed by atoms with van der Waals surface area (Å²) in [4.78, 5) is 9.54. The van der Waals surface area contributed by atoms with Crippen LogP contribution in [0.4, 0.5) is 5.69 Å². The molecule has 0 fully saturated rings. The third-order valence-corrected chi connectivity index (χ3v) is 4.40. The van der Waals surface area contributed by atoms with E-state index in [1.165, 1.54) is 5.56 Å². The molecule has 2 heterocycles. The van der Waals surface area contributed by atoms with Crippen LogP contribution < -0.4 is 0 Å². The lowest BCUT2D eigenvalue weighted by Crippen LogP contribution is -2.00. The van der Waals surface area contributed by atoms with Crippen molar-refractivity contribution < 1.29 is 0 Å². The Morgan fingerprint density at radius 2 is 1.67 bits per heavy atom. The van der Waals surface area contributed by atoms with E-state index in [0.717, 1.165) is 45.3 Å². The Bertz CT molecular complexity index is 854. The van der Waals surface area contributed by atoms with Crippen molar-refractivity contribution in [3.63, 3.8) is 0 Å². The van der Waals surface area contributed by atoms with Crippen LogP contribution in [0.5, 0.6) is 0 Å². The Hall–Kier alpha value is -2.00. The molecule has 0 unspecified atom stereocenters. The molecule has 0 saturated heterocycles. The molecule has 2 aromatic carbocycles. The zero-order valence-electron chi connectivity index (χ0n) is 11.4. The molecule has 0 N–H and O–H groups in total. The monoisotopic (exact) mass is 336 g/mol. The van der Waals surface area contributed by atoms with Crippen LogP contribution in [0.2, 0.25) is 0 Å². The summed E-state index contributed by atoms with van der Waals surface area (Å²) in [5.74, 6) is 0. The van der Waals surface area contributed by atoms with E-state index in [1.807, 2.05) is 18.2 Å². The van der Waals surface area contributed by atoms with E-state index in [4.69, 9.17) is 4.98 Å². The second-order valence-electron chi connectivity index (χ2n) is 5.20. The van der Waals surface area contributed by atoms with Crippen molar-refractivity contribution in [2.75, 3.05) is 0 Å². The molecule has 0 spiro atoms. The lowest BCUT2D eigenvalue weighted by atomic mass is 10.0. The van der Waals surface area contributed by atoms with Crippen molar-refractivity contribution in [1.29, 1.82) is 0 Å². The van der Waals surface area contributed by atoms with Gasteiger partial charge in [0.15, 0.2) is 0 Å². The first-order valence-corrected chi connectivity index (χ1v) is 7.82. The van der Waals surface area contributed by atoms with E-state index >= 15 is 0 Å². The van der Waals surface area contributed by atoms with E-state index in [0.29, 0.717) is 0 Å². The molecule has 4 rings (SSSR count). The summed E-state index contributed by atoms with van der Waals surface area (Å²) in [6.07, 6.45) is 1.99. The van der Waals surface area contributed by atoms with Crippen LogP contribution in [-0.4, -0.2) is 9.60 Å². The van der Waals surface area contributed by atoms with E-state index in [9.17, 15) is 0 Å². The van der Waals surface area contributed by atoms with Gasteiger partial charge in [0.2, 0.25) is 0 Å². The van der Waals surface area contributed by atoms with Gasteiger partial charge in [-0.2, -0.15) is 0 Å². The lowest BCUT2D eigenvalue weighted by molar-refractivity contribution is 1.03. The number of hydrogen-bond acceptors (Lipinski definition) is 2. The summed E-state index contributed by atoms with van der Waals surface area (Å²) in [7, 11) is 0. The zero-order valence-corrected chi connectivity index (χ0v) is 13.0. The van der Waals surface area contributed by atoms with Crippen molar-refractivity contribution in [1.82, 2.24) is 4.98 Å². The molecular weight excluding hydrogens is 324 g/mol. The van der Waals surface area contributed by atoms with Crippen LogP contribution in [0, 0.1) is 0 Å². The first-order chi connectivity index (χ1) is 10.3. The molecule has 0 radical (unpaired) electrons. The number of aromatic nitrogens is 1. The maximum atomic E-state index is 4.87. The van der Waals surface area contributed by atoms with Crippen molar-refractivity contribution >= 4 is 37.1 Å². The minimum atomic E-state index is 0.969. The van der Waals surface area contributed by atoms with Gasteiger partial charge in [0, 0.05) is 17.4 Å². The fourth-order valence-electron chi connectivity index (χ4n) is 2.73. The van der Waals surface area contributed by atoms with Gasteiger partial charge in [0.25, 0.3) is 0 Å². The Balaban J connectivity index is 1.97. The highest BCUT2D eigenvalue weighted by Crippen LogP contribution is 2.35. The minimum absolute atomic E-state index is 0.969. The van der Waals surface area contributed by atoms with Crippen molar-refractivity contribution in [3.05, 3.63) is 60.2 Å². The van der Waals surface area contributed by atoms with E-state index in [2.05, 4.69) is 57.3 Å². The predicted octanol–water partition coefficient (Wildman–Crippen LogP) is 5.27. The molecule has 1 aromatic heterocycles. The smallest absolute Gasteiger partial charge is 0.0969 e. The normalized spacial score (nSPS) is 13.9. The quantitative estimate of drug-likeness (QED) is 0.594. The zero-order chi connectivity index (χ0) is 14.2. The summed E-state index contributed by atoms with van der Waals surface area (Å²) in [5, 5.41) is 1.14. The Kier molecular flexibility index (Phi) is 3.08. The van der Waals surface area contributed by atoms with E-state index in [-0.39, 0.29) is 0 Å². The number of fused-ring (bicyclic) bond motifs is 3. The maximum Gasteiger partial charge on any atom is 0.0969 e. The number of pyridine rings is 1. The number of benzene rings is 2. The first-order valence-electron chi connectivity index (χ1n) is 7.02. The lowest BCUT2D eigenvalue weighted by Gasteiger charge is -2.14. The van der Waals surface area contributed by atoms with Gasteiger partial charge in [-0.15, -0.1) is 0 Å². The molecule has 102 valence electrons. The van der Waals surface area contributed by atoms with E-state index in [1.54, 1.807) is 0 Å². The number of aliphatic imine (C=N–C) groups is 1. The van der Waals surface area contributed by atoms with Crippen LogP contribution in [0.25, 0.3) is 22.2 Å². The molecule has 0 saturated carbocycles. The fourth-order valence-corrected chi connectivity index (χ4v) is 3.10. The molecule has 1 aliphatic heterocycles. The summed E-state index contributed by atoms with van der Waals surface area (Å²) < 4.78 is 1.01. The van der Waals surface area contributed by atoms with Gasteiger partial charge in [-0.3, -0.25) is 0 Å². The van der Waals surface area contributed by atoms with Crippen LogP contribution in [-0.2, 0) is 6.42 Å². The molecular formula is C18H13BrN2. The number of aryl methyl sites for hydroxylation is 1. The van der Waals surface area contributed by atoms with Crippen molar-refractivity contribution in [3.8, 4) is 11.3 Å². The van der Waals surface area contributed by atoms with Crippen LogP contribution in [0.15, 0.2) is 59.6 Å². The van der Waals surface area contributed by atoms with Gasteiger partial charge in [0.05, 0.1) is 21.5 Å². The summed E-state index contributed by atoms with van der Waals surface area (Å²) in [6, 6.07) is 18.8. The standard InChI is InChI=1S/C18H13BrN2/c19-16-11-9-14-7-6-13-8-10-15(12-4-2-1-3-5-12)20-17(13)18(14)21-16/h1-8,10H,9,11H2. The average Bonchev–Trinajstić information content (AvgIpc) is 2.55. The second-order valence-corrected chi connectivity index (χ2v) is 6.11. The van der Waals surface area contributed by atoms with Gasteiger partial charge in [-0.25, -0.2) is 9.98 Å². The highest BCUT2D eigenvalue weighted by atomic mass is 79.9. The van der Waals surface area contributed by atoms with Gasteiger partial charge in [-0.1, -0.05) is 48.5 Å². The Labute approximate surface area is 131 Å². The van der Waals surface area contributed by atoms with Crippen LogP contribution in [0.1, 0.15) is 12.0 Å². The van der Waals surface area contributed by atoms with E-state index < -0.39 is 0 Å². The topological polar surface area (TPSA) is 25.2 Å². The molecule has 0 bridgehead atoms. The molecule has 1 aliphatic rings. The molecule has 2 nitrogen and oxygen atoms in total. The van der Waals surface area contributed by atoms with Gasteiger partial charge in [-0.05, 0) is 34.0 Å². The molecule has 3 aromatic rings. The molecule has 0 aliphatic carbocycles. The summed E-state index contributed by atoms with van der Waals surface area (Å²) in [5.41, 5.74) is 5.42. The van der Waals surface area contributed by atoms with Gasteiger partial charge >= 0.3 is 0 Å². The highest BCUT2D eigenvalue weighted by molar-refractivity contribution is 9.18. The van der Waals surface area contributed by atoms with Gasteiger partial charge in [0.1, 0.15) is 0 Å². The fraction of sp³-hybridized carbons (Fsp3) is 0.111. The molecule has 3 heteroatoms. The number of rotatable bonds is 1. The molecule has 0 amide bonds. The predicted molar refractivity (Wildman–Crippen MR) is 91.5 cm³/mol. The summed E-state index contributed by atoms with van der Waals surface area (Å²) in [6.45, 7) is 0. The third kappa shape index (κ3) is 2.28. The van der Waals surface area contributed by atoms with Crippen molar-refractivity contribution in [2.45, 2.75) is 12.8 Å². The highest BCUT2D eigenvalue weighted by Gasteiger charge is 2.14. The Morgan fingerprint density at radius 3 is 2.52 bits per heavy atom. The van der Waals surface area contributed by atoms with Crippen LogP contribution >= 0.6 is 15.9 Å². The summed E-state index contributed by atoms with van der Waals surface area (Å²) >= 11 is 3.53. The van der Waals surface area contributed by atoms with Crippen LogP contribution in [0.3, 0.4) is 0 Å². The first kappa shape index (κ1) is 12.7. The van der Waals surface area contributed by atoms with Gasteiger partial charge < -0.3 is 0 Å². The third-order valence-electron chi connectivity index (χ3n) is 3.82. The molecule has 21 heavy (non-hydrogen) atoms. The number of halogens is 1. The SMILES string of the molecule is BrC1=Nc2c(ccc3ccc(-c4ccccc4)nc23)CC1.